The molecular formula is C11H21NO2. The van der Waals surface area contributed by atoms with E-state index in [4.69, 9.17) is 4.74 Å². The normalized spacial score (nSPS) is 26.4. The van der Waals surface area contributed by atoms with Gasteiger partial charge >= 0.3 is 0 Å². The van der Waals surface area contributed by atoms with Gasteiger partial charge in [-0.1, -0.05) is 0 Å². The standard InChI is InChI=1S/C11H21NO2/c1-7(2)12-11(13)9-5-10(6-9)14-8(3)4/h7-10H,5-6H2,1-4H3,(H,12,13). The summed E-state index contributed by atoms with van der Waals surface area (Å²) in [6, 6.07) is 0.243. The van der Waals surface area contributed by atoms with Crippen molar-refractivity contribution in [2.45, 2.75) is 58.8 Å². The fourth-order valence-corrected chi connectivity index (χ4v) is 1.68. The molecule has 0 heterocycles. The van der Waals surface area contributed by atoms with Crippen LogP contribution in [0.5, 0.6) is 0 Å². The molecule has 3 heteroatoms. The molecule has 82 valence electrons. The highest BCUT2D eigenvalue weighted by atomic mass is 16.5. The van der Waals surface area contributed by atoms with Gasteiger partial charge in [-0.25, -0.2) is 0 Å². The van der Waals surface area contributed by atoms with Crippen molar-refractivity contribution in [2.75, 3.05) is 0 Å². The molecule has 0 aromatic heterocycles. The number of carbonyl (C=O) groups excluding carboxylic acids is 1. The number of amides is 1. The molecule has 3 nitrogen and oxygen atoms in total. The van der Waals surface area contributed by atoms with E-state index in [1.54, 1.807) is 0 Å². The lowest BCUT2D eigenvalue weighted by atomic mass is 9.81. The summed E-state index contributed by atoms with van der Waals surface area (Å²) in [6.45, 7) is 8.03. The van der Waals surface area contributed by atoms with E-state index in [0.29, 0.717) is 6.10 Å². The van der Waals surface area contributed by atoms with Crippen LogP contribution < -0.4 is 5.32 Å². The van der Waals surface area contributed by atoms with Crippen molar-refractivity contribution in [2.24, 2.45) is 5.92 Å². The van der Waals surface area contributed by atoms with E-state index in [2.05, 4.69) is 5.32 Å². The Morgan fingerprint density at radius 3 is 2.29 bits per heavy atom. The van der Waals surface area contributed by atoms with Crippen LogP contribution in [0.15, 0.2) is 0 Å². The first-order valence-electron chi connectivity index (χ1n) is 5.45. The number of hydrogen-bond acceptors (Lipinski definition) is 2. The highest BCUT2D eigenvalue weighted by Gasteiger charge is 2.35. The Morgan fingerprint density at radius 2 is 1.86 bits per heavy atom. The van der Waals surface area contributed by atoms with Crippen molar-refractivity contribution < 1.29 is 9.53 Å². The third-order valence-electron chi connectivity index (χ3n) is 2.36. The quantitative estimate of drug-likeness (QED) is 0.748. The van der Waals surface area contributed by atoms with Gasteiger partial charge in [0, 0.05) is 12.0 Å². The van der Waals surface area contributed by atoms with Crippen LogP contribution in [0.4, 0.5) is 0 Å². The minimum atomic E-state index is 0.182. The molecule has 0 unspecified atom stereocenters. The van der Waals surface area contributed by atoms with E-state index in [1.807, 2.05) is 27.7 Å². The Labute approximate surface area is 86.2 Å². The molecule has 0 atom stereocenters. The van der Waals surface area contributed by atoms with Crippen LogP contribution in [-0.2, 0) is 9.53 Å². The minimum absolute atomic E-state index is 0.182. The predicted octanol–water partition coefficient (Wildman–Crippen LogP) is 1.71. The first kappa shape index (κ1) is 11.5. The maximum atomic E-state index is 11.5. The Balaban J connectivity index is 2.17. The van der Waals surface area contributed by atoms with Crippen LogP contribution in [0, 0.1) is 5.92 Å². The van der Waals surface area contributed by atoms with Crippen molar-refractivity contribution in [1.82, 2.24) is 5.32 Å². The van der Waals surface area contributed by atoms with Gasteiger partial charge in [0.25, 0.3) is 0 Å². The van der Waals surface area contributed by atoms with Crippen LogP contribution >= 0.6 is 0 Å². The summed E-state index contributed by atoms with van der Waals surface area (Å²) < 4.78 is 5.59. The molecule has 0 radical (unpaired) electrons. The molecule has 0 aliphatic heterocycles. The predicted molar refractivity (Wildman–Crippen MR) is 56.0 cm³/mol. The zero-order valence-corrected chi connectivity index (χ0v) is 9.54. The van der Waals surface area contributed by atoms with E-state index < -0.39 is 0 Å². The fourth-order valence-electron chi connectivity index (χ4n) is 1.68. The third kappa shape index (κ3) is 3.29. The number of rotatable bonds is 4. The number of hydrogen-bond donors (Lipinski definition) is 1. The van der Waals surface area contributed by atoms with E-state index in [1.165, 1.54) is 0 Å². The molecule has 1 amide bonds. The zero-order valence-electron chi connectivity index (χ0n) is 9.54. The van der Waals surface area contributed by atoms with Gasteiger partial charge < -0.3 is 10.1 Å². The summed E-state index contributed by atoms with van der Waals surface area (Å²) >= 11 is 0. The molecule has 1 rings (SSSR count). The van der Waals surface area contributed by atoms with Crippen LogP contribution in [0.1, 0.15) is 40.5 Å². The van der Waals surface area contributed by atoms with E-state index in [-0.39, 0.29) is 24.0 Å². The minimum Gasteiger partial charge on any atom is -0.376 e. The van der Waals surface area contributed by atoms with Gasteiger partial charge in [-0.3, -0.25) is 4.79 Å². The first-order valence-corrected chi connectivity index (χ1v) is 5.45. The van der Waals surface area contributed by atoms with Gasteiger partial charge in [0.2, 0.25) is 5.91 Å². The molecule has 0 spiro atoms. The van der Waals surface area contributed by atoms with Crippen LogP contribution in [-0.4, -0.2) is 24.2 Å². The SMILES string of the molecule is CC(C)NC(=O)C1CC(OC(C)C)C1. The molecular weight excluding hydrogens is 178 g/mol. The number of nitrogens with one attached hydrogen (secondary N) is 1. The topological polar surface area (TPSA) is 38.3 Å². The second-order valence-electron chi connectivity index (χ2n) is 4.64. The summed E-state index contributed by atoms with van der Waals surface area (Å²) in [7, 11) is 0. The van der Waals surface area contributed by atoms with Gasteiger partial charge in [-0.05, 0) is 40.5 Å². The monoisotopic (exact) mass is 199 g/mol. The van der Waals surface area contributed by atoms with Gasteiger partial charge in [-0.15, -0.1) is 0 Å². The maximum Gasteiger partial charge on any atom is 0.223 e. The number of carbonyl (C=O) groups is 1. The van der Waals surface area contributed by atoms with Gasteiger partial charge in [0.05, 0.1) is 12.2 Å². The Kier molecular flexibility index (Phi) is 3.93. The van der Waals surface area contributed by atoms with Crippen molar-refractivity contribution >= 4 is 5.91 Å². The molecule has 0 bridgehead atoms. The summed E-state index contributed by atoms with van der Waals surface area (Å²) in [6.07, 6.45) is 2.35. The second-order valence-corrected chi connectivity index (χ2v) is 4.64. The maximum absolute atomic E-state index is 11.5. The van der Waals surface area contributed by atoms with Crippen molar-refractivity contribution in [1.29, 1.82) is 0 Å². The zero-order chi connectivity index (χ0) is 10.7. The van der Waals surface area contributed by atoms with Gasteiger partial charge in [0.1, 0.15) is 0 Å². The molecule has 1 aliphatic carbocycles. The first-order chi connectivity index (χ1) is 6.49. The molecule has 14 heavy (non-hydrogen) atoms. The third-order valence-corrected chi connectivity index (χ3v) is 2.36. The number of ether oxygens (including phenoxy) is 1. The Hall–Kier alpha value is -0.570. The molecule has 1 N–H and O–H groups in total. The van der Waals surface area contributed by atoms with Gasteiger partial charge in [-0.2, -0.15) is 0 Å². The van der Waals surface area contributed by atoms with Crippen LogP contribution in [0.2, 0.25) is 0 Å². The fraction of sp³-hybridized carbons (Fsp3) is 0.909. The molecule has 0 saturated heterocycles. The highest BCUT2D eigenvalue weighted by molar-refractivity contribution is 5.79. The van der Waals surface area contributed by atoms with Crippen molar-refractivity contribution in [3.8, 4) is 0 Å². The van der Waals surface area contributed by atoms with Gasteiger partial charge in [0.15, 0.2) is 0 Å². The van der Waals surface area contributed by atoms with Crippen LogP contribution in [0.25, 0.3) is 0 Å². The Bertz CT molecular complexity index is 195. The molecule has 1 aliphatic rings. The lowest BCUT2D eigenvalue weighted by Crippen LogP contribution is -2.45. The van der Waals surface area contributed by atoms with Crippen LogP contribution in [0.3, 0.4) is 0 Å². The summed E-state index contributed by atoms with van der Waals surface area (Å²) in [5, 5.41) is 2.92. The molecule has 0 aromatic carbocycles. The summed E-state index contributed by atoms with van der Waals surface area (Å²) in [4.78, 5) is 11.5. The molecule has 1 fully saturated rings. The largest absolute Gasteiger partial charge is 0.376 e. The molecule has 1 saturated carbocycles. The smallest absolute Gasteiger partial charge is 0.223 e. The lowest BCUT2D eigenvalue weighted by Gasteiger charge is -2.35. The van der Waals surface area contributed by atoms with Crippen molar-refractivity contribution in [3.05, 3.63) is 0 Å². The van der Waals surface area contributed by atoms with E-state index >= 15 is 0 Å². The average Bonchev–Trinajstić information content (AvgIpc) is 1.93. The van der Waals surface area contributed by atoms with E-state index in [0.717, 1.165) is 12.8 Å². The average molecular weight is 199 g/mol. The lowest BCUT2D eigenvalue weighted by molar-refractivity contribution is -0.136. The Morgan fingerprint density at radius 1 is 1.29 bits per heavy atom. The summed E-state index contributed by atoms with van der Waals surface area (Å²) in [5.74, 6) is 0.366. The van der Waals surface area contributed by atoms with E-state index in [9.17, 15) is 4.79 Å². The second kappa shape index (κ2) is 4.78. The molecule has 0 aromatic rings. The van der Waals surface area contributed by atoms with Crippen molar-refractivity contribution in [3.63, 3.8) is 0 Å². The summed E-state index contributed by atoms with van der Waals surface area (Å²) in [5.41, 5.74) is 0. The highest BCUT2D eigenvalue weighted by Crippen LogP contribution is 2.31.